The molecule has 0 radical (unpaired) electrons. The topological polar surface area (TPSA) is 17.1 Å². The fraction of sp³-hybridized carbons (Fsp3) is 0. The summed E-state index contributed by atoms with van der Waals surface area (Å²) in [5, 5.41) is 9.90. The molecule has 0 saturated heterocycles. The van der Waals surface area contributed by atoms with Gasteiger partial charge in [0.2, 0.25) is 0 Å². The molecule has 0 saturated carbocycles. The second-order valence-corrected chi connectivity index (χ2v) is 11.7. The van der Waals surface area contributed by atoms with Gasteiger partial charge in [0, 0.05) is 15.9 Å². The van der Waals surface area contributed by atoms with Crippen LogP contribution < -0.4 is 10.6 Å². The minimum Gasteiger partial charge on any atom is -0.309 e. The van der Waals surface area contributed by atoms with E-state index in [9.17, 15) is 4.57 Å². The molecule has 0 heterocycles. The second kappa shape index (κ2) is 9.11. The van der Waals surface area contributed by atoms with E-state index in [1.807, 2.05) is 72.8 Å². The highest BCUT2D eigenvalue weighted by Gasteiger charge is 2.29. The van der Waals surface area contributed by atoms with Crippen LogP contribution in [0.2, 0.25) is 0 Å². The Balaban J connectivity index is 1.48. The SMILES string of the molecule is C=C/C(=C\C=C\c1ccc2ccc3cccc4ccc1c2c34)P(=O)(c1ccccc1)c1ccccc1. The Bertz CT molecular complexity index is 1750. The highest BCUT2D eigenvalue weighted by molar-refractivity contribution is 7.82. The molecule has 0 aliphatic heterocycles. The lowest BCUT2D eigenvalue weighted by Crippen LogP contribution is -2.16. The van der Waals surface area contributed by atoms with Gasteiger partial charge < -0.3 is 4.57 Å². The molecule has 0 spiro atoms. The lowest BCUT2D eigenvalue weighted by Gasteiger charge is -2.20. The van der Waals surface area contributed by atoms with Crippen LogP contribution in [0.3, 0.4) is 0 Å². The zero-order chi connectivity index (χ0) is 24.5. The van der Waals surface area contributed by atoms with Crippen LogP contribution in [0.1, 0.15) is 5.56 Å². The van der Waals surface area contributed by atoms with Gasteiger partial charge in [-0.3, -0.25) is 0 Å². The van der Waals surface area contributed by atoms with E-state index < -0.39 is 7.14 Å². The number of hydrogen-bond acceptors (Lipinski definition) is 1. The van der Waals surface area contributed by atoms with E-state index in [0.717, 1.165) is 16.2 Å². The molecule has 6 aromatic rings. The monoisotopic (exact) mass is 480 g/mol. The standard InChI is InChI=1S/C34H25OP/c1-2-29(36(35,30-14-5-3-6-15-30)31-16-7-4-8-17-31)18-10-11-25-19-20-28-22-21-26-12-9-13-27-23-24-32(25)34(28)33(26)27/h2-24H,1H2/b11-10+,29-18+. The third-order valence-electron chi connectivity index (χ3n) is 6.92. The van der Waals surface area contributed by atoms with Crippen molar-refractivity contribution in [1.29, 1.82) is 0 Å². The van der Waals surface area contributed by atoms with Gasteiger partial charge in [0.15, 0.2) is 7.14 Å². The fourth-order valence-corrected chi connectivity index (χ4v) is 7.81. The molecule has 0 atom stereocenters. The summed E-state index contributed by atoms with van der Waals surface area (Å²) in [4.78, 5) is 0. The summed E-state index contributed by atoms with van der Waals surface area (Å²) in [6.07, 6.45) is 7.79. The first-order chi connectivity index (χ1) is 17.7. The molecule has 2 heteroatoms. The van der Waals surface area contributed by atoms with Crippen molar-refractivity contribution in [2.75, 3.05) is 0 Å². The lowest BCUT2D eigenvalue weighted by molar-refractivity contribution is 0.591. The Morgan fingerprint density at radius 1 is 0.611 bits per heavy atom. The second-order valence-electron chi connectivity index (χ2n) is 8.95. The molecule has 6 rings (SSSR count). The zero-order valence-electron chi connectivity index (χ0n) is 19.8. The van der Waals surface area contributed by atoms with Crippen molar-refractivity contribution in [2.45, 2.75) is 0 Å². The van der Waals surface area contributed by atoms with Crippen LogP contribution in [0.25, 0.3) is 38.4 Å². The fourth-order valence-electron chi connectivity index (χ4n) is 5.18. The Kier molecular flexibility index (Phi) is 5.64. The van der Waals surface area contributed by atoms with E-state index in [1.165, 1.54) is 32.3 Å². The van der Waals surface area contributed by atoms with Crippen molar-refractivity contribution >= 4 is 56.1 Å². The van der Waals surface area contributed by atoms with Gasteiger partial charge in [-0.25, -0.2) is 0 Å². The van der Waals surface area contributed by atoms with Crippen molar-refractivity contribution in [2.24, 2.45) is 0 Å². The van der Waals surface area contributed by atoms with E-state index in [-0.39, 0.29) is 0 Å². The Morgan fingerprint density at radius 2 is 1.17 bits per heavy atom. The van der Waals surface area contributed by atoms with Gasteiger partial charge >= 0.3 is 0 Å². The van der Waals surface area contributed by atoms with Gasteiger partial charge in [-0.2, -0.15) is 0 Å². The van der Waals surface area contributed by atoms with Crippen LogP contribution in [0, 0.1) is 0 Å². The van der Waals surface area contributed by atoms with Gasteiger partial charge in [0.1, 0.15) is 0 Å². The molecule has 0 bridgehead atoms. The van der Waals surface area contributed by atoms with Gasteiger partial charge in [-0.15, -0.1) is 0 Å². The van der Waals surface area contributed by atoms with Crippen molar-refractivity contribution in [3.63, 3.8) is 0 Å². The quantitative estimate of drug-likeness (QED) is 0.132. The molecule has 6 aromatic carbocycles. The smallest absolute Gasteiger partial charge is 0.170 e. The molecule has 0 aromatic heterocycles. The Morgan fingerprint density at radius 3 is 1.78 bits per heavy atom. The molecular weight excluding hydrogens is 455 g/mol. The molecule has 0 unspecified atom stereocenters. The summed E-state index contributed by atoms with van der Waals surface area (Å²) in [5.41, 5.74) is 1.13. The van der Waals surface area contributed by atoms with Crippen LogP contribution in [-0.2, 0) is 4.57 Å². The van der Waals surface area contributed by atoms with Crippen LogP contribution in [0.4, 0.5) is 0 Å². The van der Waals surface area contributed by atoms with Gasteiger partial charge in [0.25, 0.3) is 0 Å². The summed E-state index contributed by atoms with van der Waals surface area (Å²) in [6, 6.07) is 39.0. The lowest BCUT2D eigenvalue weighted by atomic mass is 9.92. The first kappa shape index (κ1) is 22.3. The van der Waals surface area contributed by atoms with E-state index in [1.54, 1.807) is 6.08 Å². The molecule has 0 aliphatic carbocycles. The van der Waals surface area contributed by atoms with Crippen molar-refractivity contribution in [3.05, 3.63) is 151 Å². The predicted octanol–water partition coefficient (Wildman–Crippen LogP) is 8.68. The Labute approximate surface area is 211 Å². The number of rotatable bonds is 6. The third-order valence-corrected chi connectivity index (χ3v) is 10.0. The zero-order valence-corrected chi connectivity index (χ0v) is 20.7. The van der Waals surface area contributed by atoms with Gasteiger partial charge in [-0.1, -0.05) is 146 Å². The number of benzene rings is 6. The molecular formula is C34H25OP. The summed E-state index contributed by atoms with van der Waals surface area (Å²) in [7, 11) is -3.06. The molecule has 1 nitrogen and oxygen atoms in total. The van der Waals surface area contributed by atoms with Crippen LogP contribution in [-0.4, -0.2) is 0 Å². The minimum atomic E-state index is -3.06. The van der Waals surface area contributed by atoms with Crippen LogP contribution in [0.5, 0.6) is 0 Å². The largest absolute Gasteiger partial charge is 0.309 e. The molecule has 0 N–H and O–H groups in total. The Hall–Kier alpha value is -4.19. The van der Waals surface area contributed by atoms with Crippen LogP contribution >= 0.6 is 7.14 Å². The van der Waals surface area contributed by atoms with Crippen molar-refractivity contribution < 1.29 is 4.57 Å². The highest BCUT2D eigenvalue weighted by atomic mass is 31.2. The van der Waals surface area contributed by atoms with Crippen LogP contribution in [0.15, 0.2) is 145 Å². The molecule has 0 fully saturated rings. The normalized spacial score (nSPS) is 12.7. The molecule has 0 aliphatic rings. The highest BCUT2D eigenvalue weighted by Crippen LogP contribution is 2.52. The molecule has 36 heavy (non-hydrogen) atoms. The summed E-state index contributed by atoms with van der Waals surface area (Å²) >= 11 is 0. The predicted molar refractivity (Wildman–Crippen MR) is 157 cm³/mol. The van der Waals surface area contributed by atoms with E-state index in [0.29, 0.717) is 5.31 Å². The third kappa shape index (κ3) is 3.61. The maximum atomic E-state index is 14.7. The van der Waals surface area contributed by atoms with Crippen molar-refractivity contribution in [3.8, 4) is 0 Å². The van der Waals surface area contributed by atoms with Gasteiger partial charge in [0.05, 0.1) is 0 Å². The minimum absolute atomic E-state index is 0.717. The number of hydrogen-bond donors (Lipinski definition) is 0. The first-order valence-corrected chi connectivity index (χ1v) is 13.8. The number of allylic oxidation sites excluding steroid dienone is 4. The van der Waals surface area contributed by atoms with E-state index in [4.69, 9.17) is 0 Å². The van der Waals surface area contributed by atoms with E-state index >= 15 is 0 Å². The summed E-state index contributed by atoms with van der Waals surface area (Å²) in [6.45, 7) is 4.03. The van der Waals surface area contributed by atoms with E-state index in [2.05, 4.69) is 67.3 Å². The molecule has 0 amide bonds. The average molecular weight is 481 g/mol. The first-order valence-electron chi connectivity index (χ1n) is 12.1. The van der Waals surface area contributed by atoms with Gasteiger partial charge in [-0.05, 0) is 37.9 Å². The average Bonchev–Trinajstić information content (AvgIpc) is 2.95. The summed E-state index contributed by atoms with van der Waals surface area (Å²) < 4.78 is 14.7. The maximum absolute atomic E-state index is 14.7. The maximum Gasteiger partial charge on any atom is 0.170 e. The van der Waals surface area contributed by atoms with Crippen molar-refractivity contribution in [1.82, 2.24) is 0 Å². The molecule has 172 valence electrons. The summed E-state index contributed by atoms with van der Waals surface area (Å²) in [5.74, 6) is 0.